The van der Waals surface area contributed by atoms with Gasteiger partial charge >= 0.3 is 0 Å². The van der Waals surface area contributed by atoms with Crippen LogP contribution >= 0.6 is 27.5 Å². The minimum atomic E-state index is -0.356. The summed E-state index contributed by atoms with van der Waals surface area (Å²) in [4.78, 5) is 12.6. The lowest BCUT2D eigenvalue weighted by Crippen LogP contribution is -2.04. The molecule has 94 valence electrons. The Labute approximate surface area is 116 Å². The van der Waals surface area contributed by atoms with Gasteiger partial charge in [-0.3, -0.25) is 4.79 Å². The van der Waals surface area contributed by atoms with Crippen molar-refractivity contribution in [3.8, 4) is 0 Å². The van der Waals surface area contributed by atoms with Crippen molar-refractivity contribution in [2.24, 2.45) is 0 Å². The first-order valence-electron chi connectivity index (χ1n) is 5.39. The zero-order valence-electron chi connectivity index (χ0n) is 9.61. The van der Waals surface area contributed by atoms with E-state index >= 15 is 0 Å². The van der Waals surface area contributed by atoms with E-state index in [0.29, 0.717) is 27.0 Å². The maximum absolute atomic E-state index is 13.2. The average Bonchev–Trinajstić information content (AvgIpc) is 2.75. The fourth-order valence-electron chi connectivity index (χ4n) is 1.63. The number of aryl methyl sites for hydroxylation is 1. The van der Waals surface area contributed by atoms with Crippen LogP contribution in [-0.4, -0.2) is 15.4 Å². The van der Waals surface area contributed by atoms with Crippen LogP contribution in [0, 0.1) is 5.82 Å². The Bertz CT molecular complexity index is 565. The maximum Gasteiger partial charge on any atom is 0.180 e. The fraction of sp³-hybridized carbons (Fsp3) is 0.250. The second-order valence-corrected chi connectivity index (χ2v) is 5.45. The highest BCUT2D eigenvalue weighted by molar-refractivity contribution is 9.10. The lowest BCUT2D eigenvalue weighted by atomic mass is 10.1. The van der Waals surface area contributed by atoms with Crippen LogP contribution in [0.5, 0.6) is 0 Å². The van der Waals surface area contributed by atoms with E-state index in [9.17, 15) is 9.18 Å². The molecule has 0 bridgehead atoms. The molecule has 0 aliphatic heterocycles. The smallest absolute Gasteiger partial charge is 0.180 e. The monoisotopic (exact) mass is 328 g/mol. The zero-order valence-corrected chi connectivity index (χ0v) is 12.0. The van der Waals surface area contributed by atoms with Gasteiger partial charge in [-0.2, -0.15) is 0 Å². The molecule has 0 radical (unpaired) electrons. The van der Waals surface area contributed by atoms with Crippen LogP contribution in [0.25, 0.3) is 0 Å². The molecule has 0 amide bonds. The Balaban J connectivity index is 2.21. The van der Waals surface area contributed by atoms with E-state index in [1.165, 1.54) is 12.1 Å². The molecular formula is C12H10BrFN2OS. The molecule has 1 aromatic heterocycles. The molecule has 0 spiro atoms. The molecule has 3 nitrogen and oxygen atoms in total. The standard InChI is InChI=1S/C12H10BrFN2OS/c1-2-10-12(18-16-15-10)11(17)5-7-3-8(13)6-9(14)4-7/h3-4,6H,2,5H2,1H3. The van der Waals surface area contributed by atoms with Gasteiger partial charge in [0.25, 0.3) is 0 Å². The van der Waals surface area contributed by atoms with Crippen LogP contribution < -0.4 is 0 Å². The number of aromatic nitrogens is 2. The highest BCUT2D eigenvalue weighted by Crippen LogP contribution is 2.19. The van der Waals surface area contributed by atoms with E-state index in [4.69, 9.17) is 0 Å². The minimum Gasteiger partial charge on any atom is -0.293 e. The Morgan fingerprint density at radius 3 is 2.89 bits per heavy atom. The van der Waals surface area contributed by atoms with Crippen molar-refractivity contribution in [1.82, 2.24) is 9.59 Å². The Kier molecular flexibility index (Phi) is 4.19. The van der Waals surface area contributed by atoms with E-state index < -0.39 is 0 Å². The Hall–Kier alpha value is -1.14. The Morgan fingerprint density at radius 2 is 2.22 bits per heavy atom. The highest BCUT2D eigenvalue weighted by atomic mass is 79.9. The van der Waals surface area contributed by atoms with Crippen molar-refractivity contribution in [2.45, 2.75) is 19.8 Å². The predicted octanol–water partition coefficient (Wildman–Crippen LogP) is 3.43. The van der Waals surface area contributed by atoms with Gasteiger partial charge < -0.3 is 0 Å². The Morgan fingerprint density at radius 1 is 1.44 bits per heavy atom. The van der Waals surface area contributed by atoms with Crippen molar-refractivity contribution >= 4 is 33.2 Å². The molecule has 2 rings (SSSR count). The molecule has 0 atom stereocenters. The molecule has 1 aromatic carbocycles. The number of benzene rings is 1. The van der Waals surface area contributed by atoms with Crippen LogP contribution in [-0.2, 0) is 12.8 Å². The summed E-state index contributed by atoms with van der Waals surface area (Å²) in [5, 5.41) is 3.90. The van der Waals surface area contributed by atoms with Gasteiger partial charge in [0.05, 0.1) is 5.69 Å². The summed E-state index contributed by atoms with van der Waals surface area (Å²) >= 11 is 4.30. The van der Waals surface area contributed by atoms with Crippen molar-refractivity contribution in [2.75, 3.05) is 0 Å². The number of nitrogens with zero attached hydrogens (tertiary/aromatic N) is 2. The van der Waals surface area contributed by atoms with Crippen LogP contribution in [0.1, 0.15) is 27.9 Å². The van der Waals surface area contributed by atoms with Gasteiger partial charge in [0.15, 0.2) is 5.78 Å². The van der Waals surface area contributed by atoms with Gasteiger partial charge in [-0.05, 0) is 41.7 Å². The number of ketones is 1. The number of rotatable bonds is 4. The minimum absolute atomic E-state index is 0.0700. The first-order chi connectivity index (χ1) is 8.60. The summed E-state index contributed by atoms with van der Waals surface area (Å²) in [6, 6.07) is 4.46. The number of carbonyl (C=O) groups is 1. The second kappa shape index (κ2) is 5.67. The van der Waals surface area contributed by atoms with Gasteiger partial charge in [-0.1, -0.05) is 27.3 Å². The normalized spacial score (nSPS) is 10.6. The van der Waals surface area contributed by atoms with Crippen molar-refractivity contribution in [3.63, 3.8) is 0 Å². The topological polar surface area (TPSA) is 42.9 Å². The number of halogens is 2. The third-order valence-electron chi connectivity index (χ3n) is 2.43. The molecule has 0 unspecified atom stereocenters. The third-order valence-corrected chi connectivity index (χ3v) is 3.70. The highest BCUT2D eigenvalue weighted by Gasteiger charge is 2.15. The second-order valence-electron chi connectivity index (χ2n) is 3.78. The molecule has 0 aliphatic rings. The maximum atomic E-state index is 13.2. The van der Waals surface area contributed by atoms with E-state index in [-0.39, 0.29) is 18.0 Å². The van der Waals surface area contributed by atoms with E-state index in [1.54, 1.807) is 6.07 Å². The largest absolute Gasteiger partial charge is 0.293 e. The van der Waals surface area contributed by atoms with Gasteiger partial charge in [-0.15, -0.1) is 5.10 Å². The SMILES string of the molecule is CCc1nnsc1C(=O)Cc1cc(F)cc(Br)c1. The van der Waals surface area contributed by atoms with Crippen LogP contribution in [0.3, 0.4) is 0 Å². The predicted molar refractivity (Wildman–Crippen MR) is 71.4 cm³/mol. The quantitative estimate of drug-likeness (QED) is 0.807. The molecule has 1 heterocycles. The first-order valence-corrected chi connectivity index (χ1v) is 6.96. The van der Waals surface area contributed by atoms with E-state index in [2.05, 4.69) is 25.5 Å². The molecule has 0 saturated heterocycles. The van der Waals surface area contributed by atoms with Crippen molar-refractivity contribution in [1.29, 1.82) is 0 Å². The summed E-state index contributed by atoms with van der Waals surface area (Å²) in [6.45, 7) is 1.92. The lowest BCUT2D eigenvalue weighted by Gasteiger charge is -2.02. The summed E-state index contributed by atoms with van der Waals surface area (Å²) in [5.74, 6) is -0.426. The molecule has 0 fully saturated rings. The molecule has 6 heteroatoms. The molecule has 0 N–H and O–H groups in total. The lowest BCUT2D eigenvalue weighted by molar-refractivity contribution is 0.0996. The van der Waals surface area contributed by atoms with Crippen LogP contribution in [0.4, 0.5) is 4.39 Å². The van der Waals surface area contributed by atoms with Crippen molar-refractivity contribution in [3.05, 3.63) is 44.6 Å². The molecule has 2 aromatic rings. The van der Waals surface area contributed by atoms with E-state index in [0.717, 1.165) is 11.5 Å². The average molecular weight is 329 g/mol. The molecule has 0 aliphatic carbocycles. The summed E-state index contributed by atoms with van der Waals surface area (Å²) in [6.07, 6.45) is 0.831. The number of Topliss-reactive ketones (excluding diaryl/α,β-unsaturated/α-hetero) is 1. The van der Waals surface area contributed by atoms with Gasteiger partial charge in [0, 0.05) is 10.9 Å². The van der Waals surface area contributed by atoms with Gasteiger partial charge in [-0.25, -0.2) is 4.39 Å². The van der Waals surface area contributed by atoms with Crippen molar-refractivity contribution < 1.29 is 9.18 Å². The zero-order chi connectivity index (χ0) is 13.1. The molecule has 18 heavy (non-hydrogen) atoms. The fourth-order valence-corrected chi connectivity index (χ4v) is 2.83. The van der Waals surface area contributed by atoms with Gasteiger partial charge in [0.1, 0.15) is 10.7 Å². The van der Waals surface area contributed by atoms with E-state index in [1.807, 2.05) is 6.92 Å². The summed E-state index contributed by atoms with van der Waals surface area (Å²) < 4.78 is 17.6. The molecular weight excluding hydrogens is 319 g/mol. The van der Waals surface area contributed by atoms with Crippen LogP contribution in [0.2, 0.25) is 0 Å². The van der Waals surface area contributed by atoms with Gasteiger partial charge in [0.2, 0.25) is 0 Å². The molecule has 0 saturated carbocycles. The number of carbonyl (C=O) groups excluding carboxylic acids is 1. The van der Waals surface area contributed by atoms with Crippen LogP contribution in [0.15, 0.2) is 22.7 Å². The number of hydrogen-bond acceptors (Lipinski definition) is 4. The summed E-state index contributed by atoms with van der Waals surface area (Å²) in [5.41, 5.74) is 1.35. The number of hydrogen-bond donors (Lipinski definition) is 0. The first kappa shape index (κ1) is 13.3. The third kappa shape index (κ3) is 3.00. The summed E-state index contributed by atoms with van der Waals surface area (Å²) in [7, 11) is 0.